The molecule has 0 bridgehead atoms. The summed E-state index contributed by atoms with van der Waals surface area (Å²) in [7, 11) is 0. The highest BCUT2D eigenvalue weighted by atomic mass is 14.3. The lowest BCUT2D eigenvalue weighted by Gasteiger charge is -2.16. The molecule has 86 valence electrons. The van der Waals surface area contributed by atoms with Crippen molar-refractivity contribution in [2.75, 3.05) is 0 Å². The maximum absolute atomic E-state index is 2.27. The third-order valence-corrected chi connectivity index (χ3v) is 4.47. The summed E-state index contributed by atoms with van der Waals surface area (Å²) in [5.74, 6) is 0. The normalized spacial score (nSPS) is 12.5. The Balaban J connectivity index is 2.41. The van der Waals surface area contributed by atoms with Crippen LogP contribution < -0.4 is 0 Å². The lowest BCUT2D eigenvalue weighted by atomic mass is 9.89. The molecule has 0 aromatic heterocycles. The fourth-order valence-corrected chi connectivity index (χ4v) is 3.08. The van der Waals surface area contributed by atoms with Gasteiger partial charge in [0.25, 0.3) is 0 Å². The smallest absolute Gasteiger partial charge is 0.00106 e. The quantitative estimate of drug-likeness (QED) is 0.525. The van der Waals surface area contributed by atoms with E-state index < -0.39 is 0 Å². The second-order valence-corrected chi connectivity index (χ2v) is 5.19. The van der Waals surface area contributed by atoms with E-state index in [1.807, 2.05) is 0 Å². The number of hydrogen-bond acceptors (Lipinski definition) is 0. The summed E-state index contributed by atoms with van der Waals surface area (Å²) in [6, 6.07) is 8.83. The Morgan fingerprint density at radius 1 is 0.765 bits per heavy atom. The van der Waals surface area contributed by atoms with Crippen molar-refractivity contribution >= 4 is 0 Å². The molecule has 0 heterocycles. The molecule has 2 aromatic rings. The van der Waals surface area contributed by atoms with Crippen molar-refractivity contribution in [3.63, 3.8) is 0 Å². The first-order valence-corrected chi connectivity index (χ1v) is 6.28. The minimum absolute atomic E-state index is 1.11. The second-order valence-electron chi connectivity index (χ2n) is 5.19. The van der Waals surface area contributed by atoms with Crippen LogP contribution in [0.15, 0.2) is 24.3 Å². The molecule has 0 radical (unpaired) electrons. The second kappa shape index (κ2) is 3.46. The lowest BCUT2D eigenvalue weighted by molar-refractivity contribution is 1.15. The molecular weight excluding hydrogens is 204 g/mol. The Morgan fingerprint density at radius 2 is 1.41 bits per heavy atom. The topological polar surface area (TPSA) is 0 Å². The van der Waals surface area contributed by atoms with Gasteiger partial charge in [-0.2, -0.15) is 0 Å². The zero-order valence-corrected chi connectivity index (χ0v) is 11.0. The minimum Gasteiger partial charge on any atom is -0.0619 e. The van der Waals surface area contributed by atoms with Gasteiger partial charge < -0.3 is 0 Å². The minimum atomic E-state index is 1.11. The first kappa shape index (κ1) is 10.6. The molecule has 0 spiro atoms. The van der Waals surface area contributed by atoms with Gasteiger partial charge in [-0.05, 0) is 78.6 Å². The van der Waals surface area contributed by atoms with Gasteiger partial charge in [-0.3, -0.25) is 0 Å². The lowest BCUT2D eigenvalue weighted by Crippen LogP contribution is -1.98. The van der Waals surface area contributed by atoms with Gasteiger partial charge in [0.05, 0.1) is 0 Å². The molecule has 17 heavy (non-hydrogen) atoms. The summed E-state index contributed by atoms with van der Waals surface area (Å²) in [5.41, 5.74) is 11.9. The van der Waals surface area contributed by atoms with E-state index >= 15 is 0 Å². The average Bonchev–Trinajstić information content (AvgIpc) is 2.73. The van der Waals surface area contributed by atoms with E-state index in [4.69, 9.17) is 0 Å². The van der Waals surface area contributed by atoms with Crippen LogP contribution in [0.1, 0.15) is 33.4 Å². The van der Waals surface area contributed by atoms with Gasteiger partial charge in [0, 0.05) is 0 Å². The van der Waals surface area contributed by atoms with Crippen LogP contribution in [0, 0.1) is 27.7 Å². The Morgan fingerprint density at radius 3 is 2.18 bits per heavy atom. The van der Waals surface area contributed by atoms with Crippen molar-refractivity contribution in [2.24, 2.45) is 0 Å². The van der Waals surface area contributed by atoms with Gasteiger partial charge in [0.2, 0.25) is 0 Å². The van der Waals surface area contributed by atoms with Gasteiger partial charge in [-0.1, -0.05) is 24.3 Å². The van der Waals surface area contributed by atoms with E-state index in [-0.39, 0.29) is 0 Å². The standard InChI is InChI=1S/C17H18/c1-10-11(2)13(4)17-15-8-6-5-7-14(15)9-16(17)12(10)3/h5-8H,9H2,1-4H3. The molecule has 0 N–H and O–H groups in total. The molecular formula is C17H18. The summed E-state index contributed by atoms with van der Waals surface area (Å²) >= 11 is 0. The molecule has 0 fully saturated rings. The zero-order chi connectivity index (χ0) is 12.2. The molecule has 0 aliphatic heterocycles. The van der Waals surface area contributed by atoms with Gasteiger partial charge >= 0.3 is 0 Å². The molecule has 2 aromatic carbocycles. The van der Waals surface area contributed by atoms with Crippen LogP contribution in [0.25, 0.3) is 11.1 Å². The molecule has 1 aliphatic rings. The molecule has 1 aliphatic carbocycles. The predicted octanol–water partition coefficient (Wildman–Crippen LogP) is 4.49. The molecule has 0 saturated heterocycles. The molecule has 0 nitrogen and oxygen atoms in total. The highest BCUT2D eigenvalue weighted by molar-refractivity contribution is 5.82. The van der Waals surface area contributed by atoms with Crippen LogP contribution in [0.4, 0.5) is 0 Å². The Hall–Kier alpha value is -1.56. The van der Waals surface area contributed by atoms with Gasteiger partial charge in [0.1, 0.15) is 0 Å². The number of fused-ring (bicyclic) bond motifs is 3. The van der Waals surface area contributed by atoms with Crippen LogP contribution in [0.5, 0.6) is 0 Å². The van der Waals surface area contributed by atoms with Crippen LogP contribution in [-0.4, -0.2) is 0 Å². The van der Waals surface area contributed by atoms with Crippen molar-refractivity contribution in [3.8, 4) is 11.1 Å². The fourth-order valence-electron chi connectivity index (χ4n) is 3.08. The molecule has 0 atom stereocenters. The summed E-state index contributed by atoms with van der Waals surface area (Å²) in [5, 5.41) is 0. The van der Waals surface area contributed by atoms with E-state index in [1.165, 1.54) is 38.9 Å². The van der Waals surface area contributed by atoms with Crippen molar-refractivity contribution in [2.45, 2.75) is 34.1 Å². The van der Waals surface area contributed by atoms with E-state index in [2.05, 4.69) is 52.0 Å². The van der Waals surface area contributed by atoms with E-state index in [0.717, 1.165) is 6.42 Å². The first-order chi connectivity index (χ1) is 8.11. The fraction of sp³-hybridized carbons (Fsp3) is 0.294. The number of benzene rings is 2. The number of hydrogen-bond donors (Lipinski definition) is 0. The third kappa shape index (κ3) is 1.30. The van der Waals surface area contributed by atoms with Crippen molar-refractivity contribution < 1.29 is 0 Å². The van der Waals surface area contributed by atoms with Crippen LogP contribution in [0.3, 0.4) is 0 Å². The summed E-state index contributed by atoms with van der Waals surface area (Å²) in [4.78, 5) is 0. The Bertz CT molecular complexity index is 618. The van der Waals surface area contributed by atoms with E-state index in [1.54, 1.807) is 5.56 Å². The van der Waals surface area contributed by atoms with Crippen LogP contribution >= 0.6 is 0 Å². The van der Waals surface area contributed by atoms with E-state index in [0.29, 0.717) is 0 Å². The van der Waals surface area contributed by atoms with Gasteiger partial charge in [-0.25, -0.2) is 0 Å². The molecule has 0 amide bonds. The van der Waals surface area contributed by atoms with Crippen LogP contribution in [-0.2, 0) is 6.42 Å². The molecule has 3 rings (SSSR count). The SMILES string of the molecule is Cc1c(C)c(C)c2c(c1C)Cc1ccccc1-2. The van der Waals surface area contributed by atoms with Crippen molar-refractivity contribution in [3.05, 3.63) is 57.6 Å². The first-order valence-electron chi connectivity index (χ1n) is 6.28. The highest BCUT2D eigenvalue weighted by Gasteiger charge is 2.23. The monoisotopic (exact) mass is 222 g/mol. The largest absolute Gasteiger partial charge is 0.0619 e. The maximum Gasteiger partial charge on any atom is -0.00106 e. The average molecular weight is 222 g/mol. The summed E-state index contributed by atoms with van der Waals surface area (Å²) in [6.07, 6.45) is 1.11. The van der Waals surface area contributed by atoms with Crippen molar-refractivity contribution in [1.29, 1.82) is 0 Å². The van der Waals surface area contributed by atoms with Gasteiger partial charge in [-0.15, -0.1) is 0 Å². The summed E-state index contributed by atoms with van der Waals surface area (Å²) < 4.78 is 0. The number of rotatable bonds is 0. The summed E-state index contributed by atoms with van der Waals surface area (Å²) in [6.45, 7) is 9.04. The predicted molar refractivity (Wildman–Crippen MR) is 73.6 cm³/mol. The molecule has 0 unspecified atom stereocenters. The van der Waals surface area contributed by atoms with E-state index in [9.17, 15) is 0 Å². The molecule has 0 saturated carbocycles. The Labute approximate surface area is 103 Å². The zero-order valence-electron chi connectivity index (χ0n) is 11.0. The highest BCUT2D eigenvalue weighted by Crippen LogP contribution is 2.42. The molecule has 0 heteroatoms. The maximum atomic E-state index is 2.27. The third-order valence-electron chi connectivity index (χ3n) is 4.47. The Kier molecular flexibility index (Phi) is 2.16. The van der Waals surface area contributed by atoms with Crippen molar-refractivity contribution in [1.82, 2.24) is 0 Å². The van der Waals surface area contributed by atoms with Crippen LogP contribution in [0.2, 0.25) is 0 Å². The van der Waals surface area contributed by atoms with Gasteiger partial charge in [0.15, 0.2) is 0 Å².